The van der Waals surface area contributed by atoms with Gasteiger partial charge in [-0.15, -0.1) is 0 Å². The van der Waals surface area contributed by atoms with Crippen LogP contribution in [-0.4, -0.2) is 37.5 Å². The summed E-state index contributed by atoms with van der Waals surface area (Å²) in [4.78, 5) is 13.0. The highest BCUT2D eigenvalue weighted by Crippen LogP contribution is 2.44. The molecular formula is C11H20N2O. The smallest absolute Gasteiger partial charge is 0.236 e. The van der Waals surface area contributed by atoms with E-state index in [4.69, 9.17) is 0 Å². The van der Waals surface area contributed by atoms with Crippen LogP contribution in [0.3, 0.4) is 0 Å². The van der Waals surface area contributed by atoms with Gasteiger partial charge in [-0.1, -0.05) is 6.42 Å². The number of carbonyl (C=O) groups is 1. The summed E-state index contributed by atoms with van der Waals surface area (Å²) in [5.41, 5.74) is 0. The fourth-order valence-corrected chi connectivity index (χ4v) is 2.87. The van der Waals surface area contributed by atoms with Gasteiger partial charge in [0.25, 0.3) is 0 Å². The molecule has 3 unspecified atom stereocenters. The van der Waals surface area contributed by atoms with Crippen molar-refractivity contribution in [1.29, 1.82) is 0 Å². The maximum atomic E-state index is 11.4. The first-order chi connectivity index (χ1) is 6.66. The van der Waals surface area contributed by atoms with Crippen LogP contribution in [-0.2, 0) is 4.79 Å². The van der Waals surface area contributed by atoms with Crippen molar-refractivity contribution in [2.45, 2.75) is 31.7 Å². The minimum absolute atomic E-state index is 0.188. The fraction of sp³-hybridized carbons (Fsp3) is 0.909. The number of likely N-dealkylation sites (N-methyl/N-ethyl adjacent to an activating group) is 1. The average molecular weight is 196 g/mol. The molecule has 1 N–H and O–H groups in total. The molecule has 3 atom stereocenters. The Labute approximate surface area is 85.8 Å². The Hall–Kier alpha value is -0.570. The molecule has 3 nitrogen and oxygen atoms in total. The van der Waals surface area contributed by atoms with E-state index in [1.807, 2.05) is 14.1 Å². The molecule has 3 heteroatoms. The molecule has 80 valence electrons. The largest absolute Gasteiger partial charge is 0.348 e. The average Bonchev–Trinajstić information content (AvgIpc) is 2.74. The second kappa shape index (κ2) is 3.89. The van der Waals surface area contributed by atoms with Gasteiger partial charge in [0.2, 0.25) is 5.91 Å². The van der Waals surface area contributed by atoms with Crippen LogP contribution in [0.15, 0.2) is 0 Å². The van der Waals surface area contributed by atoms with Gasteiger partial charge < -0.3 is 10.2 Å². The van der Waals surface area contributed by atoms with E-state index in [0.29, 0.717) is 12.6 Å². The standard InChI is InChI=1S/C11H20N2O/c1-13(2)11(14)7-12-10-6-8-3-4-9(10)5-8/h8-10,12H,3-7H2,1-2H3. The minimum Gasteiger partial charge on any atom is -0.348 e. The second-order valence-electron chi connectivity index (χ2n) is 4.95. The zero-order valence-corrected chi connectivity index (χ0v) is 9.12. The number of amides is 1. The van der Waals surface area contributed by atoms with Gasteiger partial charge in [-0.05, 0) is 31.1 Å². The first kappa shape index (κ1) is 9.97. The van der Waals surface area contributed by atoms with Crippen LogP contribution < -0.4 is 5.32 Å². The van der Waals surface area contributed by atoms with Crippen LogP contribution in [0.5, 0.6) is 0 Å². The summed E-state index contributed by atoms with van der Waals surface area (Å²) < 4.78 is 0. The van der Waals surface area contributed by atoms with E-state index < -0.39 is 0 Å². The molecule has 1 amide bonds. The molecule has 0 aromatic carbocycles. The second-order valence-corrected chi connectivity index (χ2v) is 4.95. The van der Waals surface area contributed by atoms with Crippen LogP contribution in [0.4, 0.5) is 0 Å². The monoisotopic (exact) mass is 196 g/mol. The molecule has 14 heavy (non-hydrogen) atoms. The quantitative estimate of drug-likeness (QED) is 0.726. The number of nitrogens with one attached hydrogen (secondary N) is 1. The molecule has 0 radical (unpaired) electrons. The van der Waals surface area contributed by atoms with Gasteiger partial charge in [-0.25, -0.2) is 0 Å². The summed E-state index contributed by atoms with van der Waals surface area (Å²) >= 11 is 0. The van der Waals surface area contributed by atoms with E-state index in [0.717, 1.165) is 11.8 Å². The van der Waals surface area contributed by atoms with Crippen molar-refractivity contribution < 1.29 is 4.79 Å². The SMILES string of the molecule is CN(C)C(=O)CNC1CC2CCC1C2. The molecule has 2 aliphatic carbocycles. The summed E-state index contributed by atoms with van der Waals surface area (Å²) in [6.45, 7) is 0.515. The lowest BCUT2D eigenvalue weighted by Gasteiger charge is -2.23. The maximum Gasteiger partial charge on any atom is 0.236 e. The number of hydrogen-bond donors (Lipinski definition) is 1. The molecule has 0 aromatic heterocycles. The zero-order chi connectivity index (χ0) is 10.1. The summed E-state index contributed by atoms with van der Waals surface area (Å²) in [5, 5.41) is 3.40. The highest BCUT2D eigenvalue weighted by Gasteiger charge is 2.39. The van der Waals surface area contributed by atoms with Crippen LogP contribution in [0.1, 0.15) is 25.7 Å². The van der Waals surface area contributed by atoms with E-state index in [2.05, 4.69) is 5.32 Å². The van der Waals surface area contributed by atoms with Crippen molar-refractivity contribution in [2.75, 3.05) is 20.6 Å². The van der Waals surface area contributed by atoms with Crippen molar-refractivity contribution in [3.8, 4) is 0 Å². The van der Waals surface area contributed by atoms with Gasteiger partial charge in [0.1, 0.15) is 0 Å². The Morgan fingerprint density at radius 3 is 2.64 bits per heavy atom. The first-order valence-corrected chi connectivity index (χ1v) is 5.60. The van der Waals surface area contributed by atoms with Gasteiger partial charge in [-0.2, -0.15) is 0 Å². The molecule has 2 aliphatic rings. The Balaban J connectivity index is 1.74. The lowest BCUT2D eigenvalue weighted by Crippen LogP contribution is -2.41. The van der Waals surface area contributed by atoms with Crippen LogP contribution in [0.2, 0.25) is 0 Å². The Kier molecular flexibility index (Phi) is 2.77. The van der Waals surface area contributed by atoms with Crippen molar-refractivity contribution in [3.05, 3.63) is 0 Å². The van der Waals surface area contributed by atoms with E-state index in [1.165, 1.54) is 25.7 Å². The normalized spacial score (nSPS) is 34.9. The molecule has 0 saturated heterocycles. The van der Waals surface area contributed by atoms with Crippen molar-refractivity contribution in [2.24, 2.45) is 11.8 Å². The summed E-state index contributed by atoms with van der Waals surface area (Å²) in [5.74, 6) is 2.00. The van der Waals surface area contributed by atoms with Gasteiger partial charge >= 0.3 is 0 Å². The molecule has 0 aromatic rings. The molecule has 0 heterocycles. The topological polar surface area (TPSA) is 32.3 Å². The third kappa shape index (κ3) is 1.92. The summed E-state index contributed by atoms with van der Waals surface area (Å²) in [6, 6.07) is 0.623. The lowest BCUT2D eigenvalue weighted by molar-refractivity contribution is -0.127. The van der Waals surface area contributed by atoms with Crippen LogP contribution in [0.25, 0.3) is 0 Å². The molecular weight excluding hydrogens is 176 g/mol. The Morgan fingerprint density at radius 2 is 2.14 bits per heavy atom. The third-order valence-electron chi connectivity index (χ3n) is 3.75. The molecule has 0 spiro atoms. The lowest BCUT2D eigenvalue weighted by atomic mass is 9.95. The van der Waals surface area contributed by atoms with Gasteiger partial charge in [0, 0.05) is 20.1 Å². The van der Waals surface area contributed by atoms with E-state index >= 15 is 0 Å². The van der Waals surface area contributed by atoms with Gasteiger partial charge in [0.15, 0.2) is 0 Å². The number of fused-ring (bicyclic) bond motifs is 2. The molecule has 2 bridgehead atoms. The zero-order valence-electron chi connectivity index (χ0n) is 9.12. The molecule has 2 fully saturated rings. The number of hydrogen-bond acceptors (Lipinski definition) is 2. The van der Waals surface area contributed by atoms with E-state index in [9.17, 15) is 4.79 Å². The van der Waals surface area contributed by atoms with Gasteiger partial charge in [-0.3, -0.25) is 4.79 Å². The Bertz CT molecular complexity index is 227. The number of rotatable bonds is 3. The Morgan fingerprint density at radius 1 is 1.36 bits per heavy atom. The first-order valence-electron chi connectivity index (χ1n) is 5.60. The molecule has 0 aliphatic heterocycles. The van der Waals surface area contributed by atoms with Crippen LogP contribution in [0, 0.1) is 11.8 Å². The third-order valence-corrected chi connectivity index (χ3v) is 3.75. The fourth-order valence-electron chi connectivity index (χ4n) is 2.87. The number of carbonyl (C=O) groups excluding carboxylic acids is 1. The van der Waals surface area contributed by atoms with Crippen molar-refractivity contribution in [1.82, 2.24) is 10.2 Å². The minimum atomic E-state index is 0.188. The highest BCUT2D eigenvalue weighted by molar-refractivity contribution is 5.77. The summed E-state index contributed by atoms with van der Waals surface area (Å²) in [6.07, 6.45) is 5.49. The molecule has 2 saturated carbocycles. The predicted molar refractivity (Wildman–Crippen MR) is 55.9 cm³/mol. The summed E-state index contributed by atoms with van der Waals surface area (Å²) in [7, 11) is 3.62. The predicted octanol–water partition coefficient (Wildman–Crippen LogP) is 0.853. The van der Waals surface area contributed by atoms with E-state index in [1.54, 1.807) is 4.90 Å². The van der Waals surface area contributed by atoms with Gasteiger partial charge in [0.05, 0.1) is 6.54 Å². The van der Waals surface area contributed by atoms with E-state index in [-0.39, 0.29) is 5.91 Å². The molecule has 2 rings (SSSR count). The maximum absolute atomic E-state index is 11.4. The van der Waals surface area contributed by atoms with Crippen LogP contribution >= 0.6 is 0 Å². The highest BCUT2D eigenvalue weighted by atomic mass is 16.2. The number of nitrogens with zero attached hydrogens (tertiary/aromatic N) is 1. The van der Waals surface area contributed by atoms with Crippen molar-refractivity contribution >= 4 is 5.91 Å². The van der Waals surface area contributed by atoms with Crippen molar-refractivity contribution in [3.63, 3.8) is 0 Å².